The molecule has 140 valence electrons. The summed E-state index contributed by atoms with van der Waals surface area (Å²) in [6.07, 6.45) is 3.17. The predicted molar refractivity (Wildman–Crippen MR) is 106 cm³/mol. The van der Waals surface area contributed by atoms with Gasteiger partial charge in [-0.15, -0.1) is 0 Å². The molecule has 0 radical (unpaired) electrons. The number of carbonyl (C=O) groups is 1. The van der Waals surface area contributed by atoms with Crippen molar-refractivity contribution in [3.8, 4) is 11.5 Å². The van der Waals surface area contributed by atoms with Gasteiger partial charge in [0.15, 0.2) is 11.5 Å². The maximum absolute atomic E-state index is 11.6. The van der Waals surface area contributed by atoms with Crippen molar-refractivity contribution in [2.24, 2.45) is 7.05 Å². The molecule has 5 nitrogen and oxygen atoms in total. The second-order valence-corrected chi connectivity index (χ2v) is 6.02. The van der Waals surface area contributed by atoms with Crippen LogP contribution in [0.1, 0.15) is 18.2 Å². The summed E-state index contributed by atoms with van der Waals surface area (Å²) in [6, 6.07) is 15.8. The lowest BCUT2D eigenvalue weighted by atomic mass is 10.2. The molecular formula is C22H23NO4. The van der Waals surface area contributed by atoms with E-state index >= 15 is 0 Å². The Morgan fingerprint density at radius 1 is 1.15 bits per heavy atom. The molecule has 0 fully saturated rings. The minimum absolute atomic E-state index is 0.354. The summed E-state index contributed by atoms with van der Waals surface area (Å²) in [4.78, 5) is 11.6. The average molecular weight is 365 g/mol. The zero-order valence-electron chi connectivity index (χ0n) is 15.8. The van der Waals surface area contributed by atoms with Crippen molar-refractivity contribution in [3.05, 3.63) is 65.9 Å². The van der Waals surface area contributed by atoms with Gasteiger partial charge >= 0.3 is 5.97 Å². The Morgan fingerprint density at radius 3 is 2.63 bits per heavy atom. The van der Waals surface area contributed by atoms with Crippen molar-refractivity contribution < 1.29 is 19.0 Å². The first-order valence-electron chi connectivity index (χ1n) is 8.82. The molecule has 5 heteroatoms. The Hall–Kier alpha value is -3.21. The van der Waals surface area contributed by atoms with Gasteiger partial charge in [0.1, 0.15) is 6.61 Å². The van der Waals surface area contributed by atoms with Crippen molar-refractivity contribution in [1.82, 2.24) is 4.57 Å². The quantitative estimate of drug-likeness (QED) is 0.462. The van der Waals surface area contributed by atoms with Gasteiger partial charge in [-0.2, -0.15) is 0 Å². The summed E-state index contributed by atoms with van der Waals surface area (Å²) in [5, 5.41) is 0.927. The van der Waals surface area contributed by atoms with E-state index in [1.807, 2.05) is 60.1 Å². The third kappa shape index (κ3) is 4.14. The fourth-order valence-corrected chi connectivity index (χ4v) is 2.93. The molecule has 0 N–H and O–H groups in total. The smallest absolute Gasteiger partial charge is 0.330 e. The molecule has 1 aromatic heterocycles. The molecule has 27 heavy (non-hydrogen) atoms. The number of hydrogen-bond donors (Lipinski definition) is 0. The van der Waals surface area contributed by atoms with E-state index in [1.165, 1.54) is 6.08 Å². The van der Waals surface area contributed by atoms with Crippen molar-refractivity contribution in [2.75, 3.05) is 13.7 Å². The highest BCUT2D eigenvalue weighted by Gasteiger charge is 2.14. The molecule has 0 saturated carbocycles. The van der Waals surface area contributed by atoms with Crippen molar-refractivity contribution in [1.29, 1.82) is 0 Å². The first-order chi connectivity index (χ1) is 13.1. The highest BCUT2D eigenvalue weighted by atomic mass is 16.5. The first kappa shape index (κ1) is 18.6. The standard InChI is InChI=1S/C22H23NO4/c1-4-26-21(24)13-10-17-14-18-19(23(17)2)11-12-20(25-3)22(18)27-15-16-8-6-5-7-9-16/h5-14H,4,15H2,1-3H3/b13-10+. The van der Waals surface area contributed by atoms with Gasteiger partial charge in [0, 0.05) is 24.2 Å². The average Bonchev–Trinajstić information content (AvgIpc) is 3.01. The van der Waals surface area contributed by atoms with E-state index in [1.54, 1.807) is 20.1 Å². The molecule has 2 aromatic carbocycles. The number of hydrogen-bond acceptors (Lipinski definition) is 4. The lowest BCUT2D eigenvalue weighted by molar-refractivity contribution is -0.137. The topological polar surface area (TPSA) is 49.7 Å². The molecular weight excluding hydrogens is 342 g/mol. The summed E-state index contributed by atoms with van der Waals surface area (Å²) in [5.41, 5.74) is 2.94. The lowest BCUT2D eigenvalue weighted by Crippen LogP contribution is -1.99. The number of methoxy groups -OCH3 is 1. The molecule has 3 aromatic rings. The number of benzene rings is 2. The Bertz CT molecular complexity index is 957. The normalized spacial score (nSPS) is 11.1. The van der Waals surface area contributed by atoms with Gasteiger partial charge in [0.2, 0.25) is 0 Å². The zero-order chi connectivity index (χ0) is 19.2. The largest absolute Gasteiger partial charge is 0.493 e. The summed E-state index contributed by atoms with van der Waals surface area (Å²) in [5.74, 6) is 0.996. The molecule has 1 heterocycles. The van der Waals surface area contributed by atoms with Gasteiger partial charge in [-0.1, -0.05) is 30.3 Å². The van der Waals surface area contributed by atoms with Crippen molar-refractivity contribution >= 4 is 22.9 Å². The number of esters is 1. The lowest BCUT2D eigenvalue weighted by Gasteiger charge is -2.12. The number of aryl methyl sites for hydroxylation is 1. The maximum Gasteiger partial charge on any atom is 0.330 e. The van der Waals surface area contributed by atoms with Gasteiger partial charge in [-0.05, 0) is 36.8 Å². The summed E-state index contributed by atoms with van der Waals surface area (Å²) >= 11 is 0. The van der Waals surface area contributed by atoms with Crippen molar-refractivity contribution in [3.63, 3.8) is 0 Å². The summed E-state index contributed by atoms with van der Waals surface area (Å²) in [7, 11) is 3.57. The number of ether oxygens (including phenoxy) is 3. The van der Waals surface area contributed by atoms with E-state index in [0.717, 1.165) is 22.2 Å². The van der Waals surface area contributed by atoms with E-state index in [-0.39, 0.29) is 5.97 Å². The van der Waals surface area contributed by atoms with Gasteiger partial charge in [0.25, 0.3) is 0 Å². The first-order valence-corrected chi connectivity index (χ1v) is 8.82. The SMILES string of the molecule is CCOC(=O)/C=C/c1cc2c(OCc3ccccc3)c(OC)ccc2n1C. The molecule has 0 aliphatic rings. The maximum atomic E-state index is 11.6. The third-order valence-corrected chi connectivity index (χ3v) is 4.30. The van der Waals surface area contributed by atoms with Crippen LogP contribution in [0, 0.1) is 0 Å². The minimum Gasteiger partial charge on any atom is -0.493 e. The molecule has 0 spiro atoms. The molecule has 0 bridgehead atoms. The Morgan fingerprint density at radius 2 is 1.93 bits per heavy atom. The number of nitrogens with zero attached hydrogens (tertiary/aromatic N) is 1. The summed E-state index contributed by atoms with van der Waals surface area (Å²) < 4.78 is 18.5. The van der Waals surface area contributed by atoms with Crippen LogP contribution in [0.25, 0.3) is 17.0 Å². The second kappa shape index (κ2) is 8.45. The van der Waals surface area contributed by atoms with E-state index in [4.69, 9.17) is 14.2 Å². The molecule has 0 saturated heterocycles. The van der Waals surface area contributed by atoms with Crippen LogP contribution in [-0.2, 0) is 23.2 Å². The monoisotopic (exact) mass is 365 g/mol. The van der Waals surface area contributed by atoms with E-state index < -0.39 is 0 Å². The predicted octanol–water partition coefficient (Wildman–Crippen LogP) is 4.34. The fraction of sp³-hybridized carbons (Fsp3) is 0.227. The second-order valence-electron chi connectivity index (χ2n) is 6.02. The van der Waals surface area contributed by atoms with E-state index in [0.29, 0.717) is 24.7 Å². The Labute approximate surface area is 158 Å². The number of carbonyl (C=O) groups excluding carboxylic acids is 1. The van der Waals surface area contributed by atoms with Crippen LogP contribution in [0.2, 0.25) is 0 Å². The van der Waals surface area contributed by atoms with Crippen LogP contribution < -0.4 is 9.47 Å². The molecule has 3 rings (SSSR count). The van der Waals surface area contributed by atoms with Crippen LogP contribution in [0.15, 0.2) is 54.6 Å². The molecule has 0 unspecified atom stereocenters. The van der Waals surface area contributed by atoms with E-state index in [2.05, 4.69) is 0 Å². The van der Waals surface area contributed by atoms with Gasteiger partial charge in [-0.25, -0.2) is 4.79 Å². The van der Waals surface area contributed by atoms with Crippen LogP contribution >= 0.6 is 0 Å². The van der Waals surface area contributed by atoms with Crippen molar-refractivity contribution in [2.45, 2.75) is 13.5 Å². The summed E-state index contributed by atoms with van der Waals surface area (Å²) in [6.45, 7) is 2.58. The molecule has 0 atom stereocenters. The number of aromatic nitrogens is 1. The van der Waals surface area contributed by atoms with Crippen LogP contribution in [0.4, 0.5) is 0 Å². The fourth-order valence-electron chi connectivity index (χ4n) is 2.93. The minimum atomic E-state index is -0.360. The molecule has 0 aliphatic heterocycles. The highest BCUT2D eigenvalue weighted by molar-refractivity contribution is 5.93. The highest BCUT2D eigenvalue weighted by Crippen LogP contribution is 2.37. The molecule has 0 amide bonds. The van der Waals surface area contributed by atoms with Crippen LogP contribution in [0.5, 0.6) is 11.5 Å². The Kier molecular flexibility index (Phi) is 5.81. The van der Waals surface area contributed by atoms with Crippen LogP contribution in [0.3, 0.4) is 0 Å². The number of fused-ring (bicyclic) bond motifs is 1. The van der Waals surface area contributed by atoms with Gasteiger partial charge in [-0.3, -0.25) is 0 Å². The van der Waals surface area contributed by atoms with E-state index in [9.17, 15) is 4.79 Å². The third-order valence-electron chi connectivity index (χ3n) is 4.30. The Balaban J connectivity index is 1.96. The zero-order valence-corrected chi connectivity index (χ0v) is 15.8. The van der Waals surface area contributed by atoms with Gasteiger partial charge < -0.3 is 18.8 Å². The molecule has 0 aliphatic carbocycles. The van der Waals surface area contributed by atoms with Gasteiger partial charge in [0.05, 0.1) is 19.2 Å². The van der Waals surface area contributed by atoms with Crippen LogP contribution in [-0.4, -0.2) is 24.3 Å². The number of rotatable bonds is 7.